The molecule has 0 fully saturated rings. The quantitative estimate of drug-likeness (QED) is 0.802. The minimum atomic E-state index is -0.886. The topological polar surface area (TPSA) is 76.2 Å². The van der Waals surface area contributed by atoms with Crippen molar-refractivity contribution in [1.29, 1.82) is 0 Å². The number of nitrogens with zero attached hydrogens (tertiary/aromatic N) is 1. The molecule has 0 radical (unpaired) electrons. The van der Waals surface area contributed by atoms with Gasteiger partial charge in [-0.15, -0.1) is 0 Å². The molecule has 0 aliphatic rings. The Morgan fingerprint density at radius 3 is 2.73 bits per heavy atom. The fraction of sp³-hybridized carbons (Fsp3) is 0.333. The number of hydrogen-bond acceptors (Lipinski definition) is 3. The number of halogens is 2. The summed E-state index contributed by atoms with van der Waals surface area (Å²) in [5.74, 6) is -0.886. The van der Waals surface area contributed by atoms with Crippen LogP contribution in [0, 0.1) is 0 Å². The van der Waals surface area contributed by atoms with Gasteiger partial charge in [0.25, 0.3) is 0 Å². The van der Waals surface area contributed by atoms with Gasteiger partial charge in [0.1, 0.15) is 10.3 Å². The highest BCUT2D eigenvalue weighted by molar-refractivity contribution is 6.32. The summed E-state index contributed by atoms with van der Waals surface area (Å²) in [6.45, 7) is 0. The Bertz CT molecular complexity index is 371. The zero-order chi connectivity index (χ0) is 11.4. The first-order chi connectivity index (χ1) is 7.00. The minimum Gasteiger partial charge on any atom is -0.481 e. The summed E-state index contributed by atoms with van der Waals surface area (Å²) in [5.41, 5.74) is 6.38. The van der Waals surface area contributed by atoms with Gasteiger partial charge >= 0.3 is 5.97 Å². The molecule has 1 rings (SSSR count). The van der Waals surface area contributed by atoms with Gasteiger partial charge in [0.15, 0.2) is 0 Å². The van der Waals surface area contributed by atoms with Crippen molar-refractivity contribution in [3.63, 3.8) is 0 Å². The largest absolute Gasteiger partial charge is 0.481 e. The van der Waals surface area contributed by atoms with Crippen molar-refractivity contribution in [1.82, 2.24) is 4.98 Å². The molecule has 0 amide bonds. The SMILES string of the molecule is NC(CCC(=O)O)c1ccc(Cl)nc1Cl. The molecule has 82 valence electrons. The molecule has 0 saturated carbocycles. The highest BCUT2D eigenvalue weighted by Gasteiger charge is 2.12. The second-order valence-electron chi connectivity index (χ2n) is 3.05. The molecule has 0 saturated heterocycles. The van der Waals surface area contributed by atoms with Crippen LogP contribution in [0.25, 0.3) is 0 Å². The molecular formula is C9H10Cl2N2O2. The van der Waals surface area contributed by atoms with E-state index in [1.807, 2.05) is 0 Å². The molecule has 1 heterocycles. The van der Waals surface area contributed by atoms with Crippen LogP contribution in [0.4, 0.5) is 0 Å². The predicted octanol–water partition coefficient (Wildman–Crippen LogP) is 2.25. The summed E-state index contributed by atoms with van der Waals surface area (Å²) in [6.07, 6.45) is 0.318. The van der Waals surface area contributed by atoms with E-state index in [1.165, 1.54) is 0 Å². The molecule has 1 atom stereocenters. The normalized spacial score (nSPS) is 12.5. The molecule has 0 spiro atoms. The van der Waals surface area contributed by atoms with E-state index in [0.29, 0.717) is 12.0 Å². The van der Waals surface area contributed by atoms with Gasteiger partial charge < -0.3 is 10.8 Å². The molecule has 0 aromatic carbocycles. The van der Waals surface area contributed by atoms with Crippen LogP contribution in [-0.4, -0.2) is 16.1 Å². The maximum atomic E-state index is 10.3. The Morgan fingerprint density at radius 2 is 2.20 bits per heavy atom. The van der Waals surface area contributed by atoms with Crippen LogP contribution in [0.5, 0.6) is 0 Å². The van der Waals surface area contributed by atoms with Crippen molar-refractivity contribution in [3.05, 3.63) is 28.0 Å². The molecule has 4 nitrogen and oxygen atoms in total. The van der Waals surface area contributed by atoms with Crippen molar-refractivity contribution < 1.29 is 9.90 Å². The van der Waals surface area contributed by atoms with Gasteiger partial charge in [0.2, 0.25) is 0 Å². The molecule has 0 aliphatic carbocycles. The van der Waals surface area contributed by atoms with E-state index in [4.69, 9.17) is 34.0 Å². The maximum Gasteiger partial charge on any atom is 0.303 e. The lowest BCUT2D eigenvalue weighted by Crippen LogP contribution is -2.13. The smallest absolute Gasteiger partial charge is 0.303 e. The number of carboxylic acids is 1. The third kappa shape index (κ3) is 3.66. The zero-order valence-electron chi connectivity index (χ0n) is 7.78. The first kappa shape index (κ1) is 12.2. The Hall–Kier alpha value is -0.840. The van der Waals surface area contributed by atoms with Gasteiger partial charge in [0.05, 0.1) is 0 Å². The molecule has 1 aromatic rings. The van der Waals surface area contributed by atoms with Crippen LogP contribution in [0.3, 0.4) is 0 Å². The molecule has 3 N–H and O–H groups in total. The number of rotatable bonds is 4. The fourth-order valence-corrected chi connectivity index (χ4v) is 1.62. The number of hydrogen-bond donors (Lipinski definition) is 2. The Balaban J connectivity index is 2.73. The highest BCUT2D eigenvalue weighted by Crippen LogP contribution is 2.24. The van der Waals surface area contributed by atoms with Gasteiger partial charge in [-0.1, -0.05) is 29.3 Å². The highest BCUT2D eigenvalue weighted by atomic mass is 35.5. The van der Waals surface area contributed by atoms with E-state index >= 15 is 0 Å². The van der Waals surface area contributed by atoms with Crippen LogP contribution in [0.15, 0.2) is 12.1 Å². The number of nitrogens with two attached hydrogens (primary N) is 1. The number of carbonyl (C=O) groups is 1. The molecule has 1 unspecified atom stereocenters. The van der Waals surface area contributed by atoms with E-state index in [9.17, 15) is 4.79 Å². The number of aliphatic carboxylic acids is 1. The van der Waals surface area contributed by atoms with Crippen LogP contribution >= 0.6 is 23.2 Å². The van der Waals surface area contributed by atoms with Crippen molar-refractivity contribution in [2.24, 2.45) is 5.73 Å². The van der Waals surface area contributed by atoms with Gasteiger partial charge in [-0.25, -0.2) is 4.98 Å². The monoisotopic (exact) mass is 248 g/mol. The lowest BCUT2D eigenvalue weighted by molar-refractivity contribution is -0.137. The van der Waals surface area contributed by atoms with E-state index in [-0.39, 0.29) is 16.7 Å². The lowest BCUT2D eigenvalue weighted by Gasteiger charge is -2.11. The minimum absolute atomic E-state index is 0.000121. The predicted molar refractivity (Wildman–Crippen MR) is 58.1 cm³/mol. The Morgan fingerprint density at radius 1 is 1.53 bits per heavy atom. The summed E-state index contributed by atoms with van der Waals surface area (Å²) in [4.78, 5) is 14.2. The summed E-state index contributed by atoms with van der Waals surface area (Å²) >= 11 is 11.4. The summed E-state index contributed by atoms with van der Waals surface area (Å²) in [5, 5.41) is 9.01. The number of pyridine rings is 1. The Labute approximate surface area is 97.0 Å². The molecule has 1 aromatic heterocycles. The number of carboxylic acid groups (broad SMARTS) is 1. The zero-order valence-corrected chi connectivity index (χ0v) is 9.29. The second-order valence-corrected chi connectivity index (χ2v) is 3.80. The maximum absolute atomic E-state index is 10.3. The average molecular weight is 249 g/mol. The third-order valence-electron chi connectivity index (χ3n) is 1.91. The first-order valence-electron chi connectivity index (χ1n) is 4.30. The summed E-state index contributed by atoms with van der Waals surface area (Å²) < 4.78 is 0. The summed E-state index contributed by atoms with van der Waals surface area (Å²) in [7, 11) is 0. The molecule has 0 aliphatic heterocycles. The van der Waals surface area contributed by atoms with Crippen molar-refractivity contribution >= 4 is 29.2 Å². The molecule has 0 bridgehead atoms. The van der Waals surface area contributed by atoms with Gasteiger partial charge in [0, 0.05) is 18.0 Å². The molecular weight excluding hydrogens is 239 g/mol. The van der Waals surface area contributed by atoms with E-state index < -0.39 is 12.0 Å². The van der Waals surface area contributed by atoms with Gasteiger partial charge in [-0.3, -0.25) is 4.79 Å². The van der Waals surface area contributed by atoms with Crippen molar-refractivity contribution in [2.75, 3.05) is 0 Å². The van der Waals surface area contributed by atoms with Gasteiger partial charge in [-0.2, -0.15) is 0 Å². The van der Waals surface area contributed by atoms with Gasteiger partial charge in [-0.05, 0) is 12.5 Å². The fourth-order valence-electron chi connectivity index (χ4n) is 1.13. The van der Waals surface area contributed by atoms with Crippen LogP contribution < -0.4 is 5.73 Å². The van der Waals surface area contributed by atoms with E-state index in [2.05, 4.69) is 4.98 Å². The Kier molecular flexibility index (Phi) is 4.32. The summed E-state index contributed by atoms with van der Waals surface area (Å²) in [6, 6.07) is 2.80. The third-order valence-corrected chi connectivity index (χ3v) is 2.43. The van der Waals surface area contributed by atoms with Crippen molar-refractivity contribution in [2.45, 2.75) is 18.9 Å². The van der Waals surface area contributed by atoms with Crippen LogP contribution in [0.2, 0.25) is 10.3 Å². The lowest BCUT2D eigenvalue weighted by atomic mass is 10.1. The average Bonchev–Trinajstić information content (AvgIpc) is 2.14. The molecule has 6 heteroatoms. The van der Waals surface area contributed by atoms with E-state index in [0.717, 1.165) is 0 Å². The first-order valence-corrected chi connectivity index (χ1v) is 5.05. The van der Waals surface area contributed by atoms with Crippen LogP contribution in [0.1, 0.15) is 24.4 Å². The standard InChI is InChI=1S/C9H10Cl2N2O2/c10-7-3-1-5(9(11)13-7)6(12)2-4-8(14)15/h1,3,6H,2,4,12H2,(H,14,15). The van der Waals surface area contributed by atoms with E-state index in [1.54, 1.807) is 12.1 Å². The molecule has 15 heavy (non-hydrogen) atoms. The van der Waals surface area contributed by atoms with Crippen LogP contribution in [-0.2, 0) is 4.79 Å². The second kappa shape index (κ2) is 5.30. The van der Waals surface area contributed by atoms with Crippen molar-refractivity contribution in [3.8, 4) is 0 Å². The number of aromatic nitrogens is 1.